The van der Waals surface area contributed by atoms with Crippen LogP contribution in [0.4, 0.5) is 5.69 Å². The van der Waals surface area contributed by atoms with E-state index in [0.717, 1.165) is 36.8 Å². The van der Waals surface area contributed by atoms with Crippen molar-refractivity contribution in [3.05, 3.63) is 64.2 Å². The molecule has 2 amide bonds. The molecule has 30 heavy (non-hydrogen) atoms. The van der Waals surface area contributed by atoms with E-state index in [-0.39, 0.29) is 23.7 Å². The number of benzene rings is 2. The van der Waals surface area contributed by atoms with Gasteiger partial charge in [0.05, 0.1) is 0 Å². The topological polar surface area (TPSA) is 49.4 Å². The molecule has 2 aromatic rings. The highest BCUT2D eigenvalue weighted by Crippen LogP contribution is 2.31. The van der Waals surface area contributed by atoms with Crippen molar-refractivity contribution in [3.8, 4) is 0 Å². The molecule has 0 saturated heterocycles. The molecule has 0 unspecified atom stereocenters. The second-order valence-electron chi connectivity index (χ2n) is 7.96. The Hall–Kier alpha value is -2.04. The molecule has 0 bridgehead atoms. The molecule has 2 aromatic carbocycles. The first-order valence-electron chi connectivity index (χ1n) is 10.4. The lowest BCUT2D eigenvalue weighted by Crippen LogP contribution is -2.47. The van der Waals surface area contributed by atoms with Crippen LogP contribution in [0.5, 0.6) is 0 Å². The Bertz CT molecular complexity index is 893. The highest BCUT2D eigenvalue weighted by atomic mass is 35.5. The van der Waals surface area contributed by atoms with Crippen molar-refractivity contribution in [2.24, 2.45) is 0 Å². The van der Waals surface area contributed by atoms with Crippen molar-refractivity contribution in [2.75, 3.05) is 10.8 Å². The first kappa shape index (κ1) is 22.6. The first-order valence-corrected chi connectivity index (χ1v) is 11.3. The predicted molar refractivity (Wildman–Crippen MR) is 123 cm³/mol. The zero-order valence-corrected chi connectivity index (χ0v) is 19.0. The Morgan fingerprint density at radius 1 is 1.03 bits per heavy atom. The van der Waals surface area contributed by atoms with E-state index >= 15 is 0 Å². The fraction of sp³-hybridized carbons (Fsp3) is 0.417. The Morgan fingerprint density at radius 2 is 1.70 bits per heavy atom. The van der Waals surface area contributed by atoms with Gasteiger partial charge in [-0.05, 0) is 67.6 Å². The lowest BCUT2D eigenvalue weighted by Gasteiger charge is -2.33. The molecule has 3 rings (SSSR count). The summed E-state index contributed by atoms with van der Waals surface area (Å²) in [7, 11) is 0. The summed E-state index contributed by atoms with van der Waals surface area (Å²) in [4.78, 5) is 28.0. The summed E-state index contributed by atoms with van der Waals surface area (Å²) in [6.45, 7) is 4.00. The number of rotatable bonds is 6. The Kier molecular flexibility index (Phi) is 7.79. The highest BCUT2D eigenvalue weighted by molar-refractivity contribution is 6.30. The van der Waals surface area contributed by atoms with Crippen molar-refractivity contribution >= 4 is 40.7 Å². The van der Waals surface area contributed by atoms with Gasteiger partial charge in [-0.15, -0.1) is 11.6 Å². The molecule has 1 atom stereocenters. The van der Waals surface area contributed by atoms with Crippen LogP contribution in [0.25, 0.3) is 0 Å². The molecule has 1 aliphatic rings. The van der Waals surface area contributed by atoms with Gasteiger partial charge in [0.1, 0.15) is 11.9 Å². The van der Waals surface area contributed by atoms with Gasteiger partial charge in [0.15, 0.2) is 0 Å². The number of hydrogen-bond acceptors (Lipinski definition) is 2. The second kappa shape index (κ2) is 10.3. The van der Waals surface area contributed by atoms with Gasteiger partial charge in [-0.2, -0.15) is 0 Å². The van der Waals surface area contributed by atoms with E-state index in [1.807, 2.05) is 32.0 Å². The van der Waals surface area contributed by atoms with E-state index < -0.39 is 6.04 Å². The minimum atomic E-state index is -0.822. The molecule has 1 saturated carbocycles. The molecule has 0 radical (unpaired) electrons. The van der Waals surface area contributed by atoms with Gasteiger partial charge in [0.2, 0.25) is 11.8 Å². The van der Waals surface area contributed by atoms with E-state index in [1.165, 1.54) is 11.3 Å². The summed E-state index contributed by atoms with van der Waals surface area (Å²) in [5.41, 5.74) is 3.51. The third-order valence-electron chi connectivity index (χ3n) is 5.80. The SMILES string of the molecule is Cc1ccc(N(C(=O)CCl)[C@@H](C(=O)NC2CCCCC2)c2ccc(Cl)cc2)cc1C. The maximum absolute atomic E-state index is 13.5. The summed E-state index contributed by atoms with van der Waals surface area (Å²) in [6.07, 6.45) is 5.35. The van der Waals surface area contributed by atoms with Crippen LogP contribution in [0.2, 0.25) is 5.02 Å². The fourth-order valence-electron chi connectivity index (χ4n) is 3.97. The van der Waals surface area contributed by atoms with Crippen LogP contribution in [-0.2, 0) is 9.59 Å². The summed E-state index contributed by atoms with van der Waals surface area (Å²) in [6, 6.07) is 12.1. The summed E-state index contributed by atoms with van der Waals surface area (Å²) < 4.78 is 0. The number of aryl methyl sites for hydroxylation is 2. The highest BCUT2D eigenvalue weighted by Gasteiger charge is 2.33. The number of anilines is 1. The zero-order valence-electron chi connectivity index (χ0n) is 17.5. The molecule has 0 aliphatic heterocycles. The van der Waals surface area contributed by atoms with E-state index in [4.69, 9.17) is 23.2 Å². The van der Waals surface area contributed by atoms with Crippen LogP contribution >= 0.6 is 23.2 Å². The summed E-state index contributed by atoms with van der Waals surface area (Å²) in [5, 5.41) is 3.75. The Labute approximate surface area is 188 Å². The standard InChI is InChI=1S/C24H28Cl2N2O2/c1-16-8-13-21(14-17(16)2)28(22(29)15-25)23(18-9-11-19(26)12-10-18)24(30)27-20-6-4-3-5-7-20/h8-14,20,23H,3-7,15H2,1-2H3,(H,27,30)/t23-/m1/s1. The van der Waals surface area contributed by atoms with Crippen molar-refractivity contribution in [1.29, 1.82) is 0 Å². The van der Waals surface area contributed by atoms with Gasteiger partial charge in [0.25, 0.3) is 0 Å². The van der Waals surface area contributed by atoms with Gasteiger partial charge in [-0.25, -0.2) is 0 Å². The van der Waals surface area contributed by atoms with Gasteiger partial charge in [-0.1, -0.05) is 49.1 Å². The van der Waals surface area contributed by atoms with Crippen LogP contribution in [0, 0.1) is 13.8 Å². The summed E-state index contributed by atoms with van der Waals surface area (Å²) >= 11 is 12.1. The first-order chi connectivity index (χ1) is 14.4. The van der Waals surface area contributed by atoms with E-state index in [9.17, 15) is 9.59 Å². The zero-order chi connectivity index (χ0) is 21.7. The maximum atomic E-state index is 13.5. The third kappa shape index (κ3) is 5.35. The second-order valence-corrected chi connectivity index (χ2v) is 8.67. The number of hydrogen-bond donors (Lipinski definition) is 1. The molecule has 6 heteroatoms. The number of alkyl halides is 1. The number of halogens is 2. The molecule has 1 N–H and O–H groups in total. The van der Waals surface area contributed by atoms with Crippen molar-refractivity contribution in [1.82, 2.24) is 5.32 Å². The van der Waals surface area contributed by atoms with Gasteiger partial charge < -0.3 is 5.32 Å². The quantitative estimate of drug-likeness (QED) is 0.576. The Morgan fingerprint density at radius 3 is 2.30 bits per heavy atom. The molecule has 0 spiro atoms. The number of nitrogens with one attached hydrogen (secondary N) is 1. The summed E-state index contributed by atoms with van der Waals surface area (Å²) in [5.74, 6) is -0.729. The normalized spacial score (nSPS) is 15.5. The van der Waals surface area contributed by atoms with Gasteiger partial charge >= 0.3 is 0 Å². The Balaban J connectivity index is 2.03. The largest absolute Gasteiger partial charge is 0.351 e. The number of carbonyl (C=O) groups excluding carboxylic acids is 2. The third-order valence-corrected chi connectivity index (χ3v) is 6.28. The molecule has 160 valence electrons. The predicted octanol–water partition coefficient (Wildman–Crippen LogP) is 5.72. The van der Waals surface area contributed by atoms with E-state index in [0.29, 0.717) is 16.3 Å². The average molecular weight is 447 g/mol. The molecule has 4 nitrogen and oxygen atoms in total. The number of carbonyl (C=O) groups is 2. The molecular weight excluding hydrogens is 419 g/mol. The molecule has 0 heterocycles. The van der Waals surface area contributed by atoms with Crippen LogP contribution < -0.4 is 10.2 Å². The lowest BCUT2D eigenvalue weighted by molar-refractivity contribution is -0.126. The van der Waals surface area contributed by atoms with Gasteiger partial charge in [-0.3, -0.25) is 14.5 Å². The van der Waals surface area contributed by atoms with Crippen LogP contribution in [0.15, 0.2) is 42.5 Å². The van der Waals surface area contributed by atoms with E-state index in [2.05, 4.69) is 5.32 Å². The van der Waals surface area contributed by atoms with Crippen LogP contribution in [0.1, 0.15) is 54.8 Å². The molecular formula is C24H28Cl2N2O2. The number of nitrogens with zero attached hydrogens (tertiary/aromatic N) is 1. The smallest absolute Gasteiger partial charge is 0.248 e. The number of amides is 2. The van der Waals surface area contributed by atoms with Crippen LogP contribution in [0.3, 0.4) is 0 Å². The molecule has 0 aromatic heterocycles. The monoisotopic (exact) mass is 446 g/mol. The van der Waals surface area contributed by atoms with E-state index in [1.54, 1.807) is 24.3 Å². The lowest BCUT2D eigenvalue weighted by atomic mass is 9.94. The van der Waals surface area contributed by atoms with Crippen LogP contribution in [-0.4, -0.2) is 23.7 Å². The molecule has 1 aliphatic carbocycles. The van der Waals surface area contributed by atoms with Crippen molar-refractivity contribution < 1.29 is 9.59 Å². The average Bonchev–Trinajstić information content (AvgIpc) is 2.75. The van der Waals surface area contributed by atoms with Crippen molar-refractivity contribution in [2.45, 2.75) is 58.0 Å². The van der Waals surface area contributed by atoms with Crippen molar-refractivity contribution in [3.63, 3.8) is 0 Å². The minimum absolute atomic E-state index is 0.133. The minimum Gasteiger partial charge on any atom is -0.351 e. The molecule has 1 fully saturated rings. The maximum Gasteiger partial charge on any atom is 0.248 e. The van der Waals surface area contributed by atoms with Gasteiger partial charge in [0, 0.05) is 16.8 Å². The fourth-order valence-corrected chi connectivity index (χ4v) is 4.22.